The third-order valence-corrected chi connectivity index (χ3v) is 6.43. The Morgan fingerprint density at radius 1 is 1.07 bits per heavy atom. The van der Waals surface area contributed by atoms with E-state index >= 15 is 0 Å². The Kier molecular flexibility index (Phi) is 5.70. The van der Waals surface area contributed by atoms with Crippen molar-refractivity contribution in [2.45, 2.75) is 19.3 Å². The van der Waals surface area contributed by atoms with Gasteiger partial charge in [-0.25, -0.2) is 0 Å². The summed E-state index contributed by atoms with van der Waals surface area (Å²) in [7, 11) is 0. The Bertz CT molecular complexity index is 1050. The number of likely N-dealkylation sites (tertiary alicyclic amines) is 1. The van der Waals surface area contributed by atoms with Crippen molar-refractivity contribution < 1.29 is 9.59 Å². The molecule has 1 aliphatic heterocycles. The zero-order chi connectivity index (χ0) is 19.5. The molecule has 2 aromatic heterocycles. The van der Waals surface area contributed by atoms with Crippen LogP contribution in [0.15, 0.2) is 46.8 Å². The van der Waals surface area contributed by atoms with Crippen molar-refractivity contribution >= 4 is 46.3 Å². The summed E-state index contributed by atoms with van der Waals surface area (Å²) in [6.07, 6.45) is 3.08. The molecule has 0 spiro atoms. The molecule has 1 fully saturated rings. The predicted molar refractivity (Wildman–Crippen MR) is 110 cm³/mol. The monoisotopic (exact) mass is 432 g/mol. The maximum absolute atomic E-state index is 13.1. The highest BCUT2D eigenvalue weighted by Crippen LogP contribution is 2.16. The first kappa shape index (κ1) is 19.0. The van der Waals surface area contributed by atoms with Crippen LogP contribution >= 0.6 is 34.5 Å². The number of benzene rings is 1. The molecule has 1 aliphatic rings. The third kappa shape index (κ3) is 4.09. The van der Waals surface area contributed by atoms with E-state index in [9.17, 15) is 9.59 Å². The molecular formula is C19H17ClN4O2S2. The van der Waals surface area contributed by atoms with E-state index in [1.54, 1.807) is 33.2 Å². The third-order valence-electron chi connectivity index (χ3n) is 4.39. The lowest BCUT2D eigenvalue weighted by Gasteiger charge is -2.25. The van der Waals surface area contributed by atoms with E-state index in [0.717, 1.165) is 24.9 Å². The van der Waals surface area contributed by atoms with Crippen LogP contribution in [0.5, 0.6) is 0 Å². The second-order valence-electron chi connectivity index (χ2n) is 6.34. The topological polar surface area (TPSA) is 67.6 Å². The Labute approximate surface area is 174 Å². The van der Waals surface area contributed by atoms with Crippen molar-refractivity contribution in [1.29, 1.82) is 0 Å². The van der Waals surface area contributed by atoms with E-state index in [1.807, 2.05) is 17.5 Å². The molecule has 144 valence electrons. The molecule has 1 aromatic carbocycles. The van der Waals surface area contributed by atoms with Gasteiger partial charge in [-0.15, -0.1) is 16.4 Å². The number of halogens is 1. The van der Waals surface area contributed by atoms with Crippen molar-refractivity contribution in [2.24, 2.45) is 4.99 Å². The van der Waals surface area contributed by atoms with Gasteiger partial charge in [0.1, 0.15) is 0 Å². The molecule has 0 N–H and O–H groups in total. The van der Waals surface area contributed by atoms with E-state index in [4.69, 9.17) is 11.6 Å². The first-order valence-electron chi connectivity index (χ1n) is 8.90. The first-order valence-corrected chi connectivity index (χ1v) is 10.9. The minimum absolute atomic E-state index is 0.179. The lowest BCUT2D eigenvalue weighted by molar-refractivity contribution is 0.0716. The molecule has 2 amide bonds. The number of piperidine rings is 1. The number of carbonyl (C=O) groups is 2. The molecule has 9 heteroatoms. The number of amides is 2. The summed E-state index contributed by atoms with van der Waals surface area (Å²) >= 11 is 8.45. The Hall–Kier alpha value is -2.29. The van der Waals surface area contributed by atoms with Gasteiger partial charge in [-0.3, -0.25) is 9.59 Å². The van der Waals surface area contributed by atoms with Crippen LogP contribution in [0.1, 0.15) is 39.4 Å². The predicted octanol–water partition coefficient (Wildman–Crippen LogP) is 4.02. The molecule has 3 aromatic rings. The highest BCUT2D eigenvalue weighted by molar-refractivity contribution is 7.12. The standard InChI is InChI=1S/C19H17ClN4O2S2/c20-13-6-8-14(9-7-13)24-22-16(19(26)23-10-2-1-3-11-23)18(28-24)21-17(25)15-5-4-12-27-15/h4-9,12H,1-3,10-11H2. The van der Waals surface area contributed by atoms with E-state index in [0.29, 0.717) is 27.7 Å². The van der Waals surface area contributed by atoms with Gasteiger partial charge in [0.2, 0.25) is 0 Å². The van der Waals surface area contributed by atoms with Crippen LogP contribution in [-0.2, 0) is 0 Å². The second-order valence-corrected chi connectivity index (χ2v) is 8.64. The van der Waals surface area contributed by atoms with Crippen LogP contribution < -0.4 is 4.67 Å². The molecular weight excluding hydrogens is 416 g/mol. The molecule has 6 nitrogen and oxygen atoms in total. The number of carbonyl (C=O) groups excluding carboxylic acids is 2. The lowest BCUT2D eigenvalue weighted by atomic mass is 10.1. The van der Waals surface area contributed by atoms with Crippen molar-refractivity contribution in [3.63, 3.8) is 0 Å². The van der Waals surface area contributed by atoms with Crippen LogP contribution in [-0.4, -0.2) is 39.0 Å². The van der Waals surface area contributed by atoms with Crippen LogP contribution in [0.25, 0.3) is 5.69 Å². The maximum Gasteiger partial charge on any atom is 0.288 e. The van der Waals surface area contributed by atoms with E-state index in [2.05, 4.69) is 10.1 Å². The molecule has 1 saturated heterocycles. The first-order chi connectivity index (χ1) is 13.6. The quantitative estimate of drug-likeness (QED) is 0.627. The number of rotatable bonds is 3. The Balaban J connectivity index is 1.76. The van der Waals surface area contributed by atoms with Crippen LogP contribution in [0.4, 0.5) is 0 Å². The van der Waals surface area contributed by atoms with Crippen LogP contribution in [0.3, 0.4) is 0 Å². The van der Waals surface area contributed by atoms with Crippen molar-refractivity contribution in [3.05, 3.63) is 62.0 Å². The maximum atomic E-state index is 13.1. The normalized spacial score (nSPS) is 15.0. The number of thiophene rings is 1. The molecule has 0 bridgehead atoms. The summed E-state index contributed by atoms with van der Waals surface area (Å²) in [5.74, 6) is -0.545. The highest BCUT2D eigenvalue weighted by Gasteiger charge is 2.24. The van der Waals surface area contributed by atoms with E-state index in [-0.39, 0.29) is 17.5 Å². The minimum Gasteiger partial charge on any atom is -0.337 e. The molecule has 0 aliphatic carbocycles. The van der Waals surface area contributed by atoms with Gasteiger partial charge < -0.3 is 4.90 Å². The molecule has 0 saturated carbocycles. The molecule has 0 radical (unpaired) electrons. The average Bonchev–Trinajstić information content (AvgIpc) is 3.39. The fourth-order valence-corrected chi connectivity index (χ4v) is 4.55. The van der Waals surface area contributed by atoms with Crippen molar-refractivity contribution in [2.75, 3.05) is 13.1 Å². The van der Waals surface area contributed by atoms with Gasteiger partial charge in [0, 0.05) is 18.1 Å². The van der Waals surface area contributed by atoms with Gasteiger partial charge in [0.25, 0.3) is 11.8 Å². The van der Waals surface area contributed by atoms with Gasteiger partial charge in [-0.1, -0.05) is 17.7 Å². The molecule has 28 heavy (non-hydrogen) atoms. The minimum atomic E-state index is -0.366. The van der Waals surface area contributed by atoms with Crippen LogP contribution in [0, 0.1) is 0 Å². The Morgan fingerprint density at radius 3 is 2.50 bits per heavy atom. The van der Waals surface area contributed by atoms with Crippen molar-refractivity contribution in [1.82, 2.24) is 14.1 Å². The molecule has 0 unspecified atom stereocenters. The SMILES string of the molecule is O=C(N=c1sn(-c2ccc(Cl)cc2)nc1C(=O)N1CCCCC1)c1cccs1. The summed E-state index contributed by atoms with van der Waals surface area (Å²) in [5, 5.41) is 6.91. The van der Waals surface area contributed by atoms with Gasteiger partial charge >= 0.3 is 0 Å². The van der Waals surface area contributed by atoms with Gasteiger partial charge in [-0.2, -0.15) is 9.06 Å². The van der Waals surface area contributed by atoms with Crippen LogP contribution in [0.2, 0.25) is 5.02 Å². The largest absolute Gasteiger partial charge is 0.337 e. The fourth-order valence-electron chi connectivity index (χ4n) is 2.96. The summed E-state index contributed by atoms with van der Waals surface area (Å²) in [6, 6.07) is 10.7. The van der Waals surface area contributed by atoms with Gasteiger partial charge in [0.15, 0.2) is 10.4 Å². The van der Waals surface area contributed by atoms with Gasteiger partial charge in [-0.05, 0) is 66.5 Å². The number of aromatic nitrogens is 2. The van der Waals surface area contributed by atoms with Crippen molar-refractivity contribution in [3.8, 4) is 5.69 Å². The smallest absolute Gasteiger partial charge is 0.288 e. The van der Waals surface area contributed by atoms with E-state index < -0.39 is 0 Å². The summed E-state index contributed by atoms with van der Waals surface area (Å²) in [5.41, 5.74) is 0.971. The number of hydrogen-bond donors (Lipinski definition) is 0. The zero-order valence-corrected chi connectivity index (χ0v) is 17.3. The summed E-state index contributed by atoms with van der Waals surface area (Å²) in [4.78, 5) is 32.1. The molecule has 0 atom stereocenters. The average molecular weight is 433 g/mol. The molecule has 3 heterocycles. The fraction of sp³-hybridized carbons (Fsp3) is 0.263. The summed E-state index contributed by atoms with van der Waals surface area (Å²) < 4.78 is 1.93. The highest BCUT2D eigenvalue weighted by atomic mass is 35.5. The summed E-state index contributed by atoms with van der Waals surface area (Å²) in [6.45, 7) is 1.41. The molecule has 4 rings (SSSR count). The van der Waals surface area contributed by atoms with Gasteiger partial charge in [0.05, 0.1) is 10.6 Å². The second kappa shape index (κ2) is 8.38. The lowest BCUT2D eigenvalue weighted by Crippen LogP contribution is -2.37. The van der Waals surface area contributed by atoms with E-state index in [1.165, 1.54) is 22.9 Å². The number of nitrogens with zero attached hydrogens (tertiary/aromatic N) is 4. The zero-order valence-electron chi connectivity index (χ0n) is 14.9. The number of hydrogen-bond acceptors (Lipinski definition) is 5. The Morgan fingerprint density at radius 2 is 1.82 bits per heavy atom.